The molecule has 2 aromatic rings. The first kappa shape index (κ1) is 26.3. The van der Waals surface area contributed by atoms with Gasteiger partial charge in [-0.1, -0.05) is 40.5 Å². The van der Waals surface area contributed by atoms with Crippen molar-refractivity contribution in [2.24, 2.45) is 5.16 Å². The van der Waals surface area contributed by atoms with Gasteiger partial charge in [0.2, 0.25) is 0 Å². The Balaban J connectivity index is 1.59. The molecule has 2 aromatic carbocycles. The molecule has 2 aliphatic heterocycles. The Morgan fingerprint density at radius 1 is 1.11 bits per heavy atom. The highest BCUT2D eigenvalue weighted by Crippen LogP contribution is 2.40. The van der Waals surface area contributed by atoms with Gasteiger partial charge in [-0.3, -0.25) is 4.79 Å². The second-order valence-corrected chi connectivity index (χ2v) is 9.89. The fraction of sp³-hybridized carbons (Fsp3) is 0.400. The van der Waals surface area contributed by atoms with Crippen molar-refractivity contribution in [2.75, 3.05) is 26.2 Å². The molecule has 0 saturated carbocycles. The van der Waals surface area contributed by atoms with Crippen molar-refractivity contribution >= 4 is 40.7 Å². The van der Waals surface area contributed by atoms with Crippen LogP contribution in [0.1, 0.15) is 53.7 Å². The number of Topliss-reactive ketones (excluding diaryl/α,β-unsaturated/α-hetero) is 1. The molecule has 0 aromatic heterocycles. The lowest BCUT2D eigenvalue weighted by atomic mass is 9.88. The van der Waals surface area contributed by atoms with Crippen LogP contribution in [0.15, 0.2) is 41.6 Å². The van der Waals surface area contributed by atoms with E-state index in [1.165, 1.54) is 11.0 Å². The van der Waals surface area contributed by atoms with Crippen molar-refractivity contribution in [3.8, 4) is 0 Å². The summed E-state index contributed by atoms with van der Waals surface area (Å²) in [4.78, 5) is 33.9. The SMILES string of the molecule is CCN1CCCN(CC(=O)c2ccc(C3=NOC(C)(c4cc(Cl)cc(Cl)c4)C3)cc2C(F)(F)F)C1=O. The van der Waals surface area contributed by atoms with E-state index in [1.54, 1.807) is 30.0 Å². The zero-order chi connectivity index (χ0) is 26.3. The first-order valence-electron chi connectivity index (χ1n) is 11.4. The van der Waals surface area contributed by atoms with Crippen molar-refractivity contribution in [1.82, 2.24) is 9.80 Å². The molecular formula is C25H24Cl2F3N3O3. The standard InChI is InChI=1S/C25H24Cl2F3N3O3/c1-3-32-7-4-8-33(23(32)35)14-22(34)19-6-5-15(9-20(19)25(28,29)30)21-13-24(2,36-31-21)16-10-17(26)12-18(27)11-16/h5-6,9-12H,3-4,7-8,13-14H2,1-2H3. The van der Waals surface area contributed by atoms with Crippen LogP contribution in [0.3, 0.4) is 0 Å². The normalized spacial score (nSPS) is 20.4. The van der Waals surface area contributed by atoms with Crippen molar-refractivity contribution in [3.63, 3.8) is 0 Å². The molecule has 1 saturated heterocycles. The van der Waals surface area contributed by atoms with E-state index in [0.717, 1.165) is 12.1 Å². The van der Waals surface area contributed by atoms with Gasteiger partial charge in [0.05, 0.1) is 17.8 Å². The molecule has 4 rings (SSSR count). The van der Waals surface area contributed by atoms with E-state index in [2.05, 4.69) is 5.16 Å². The zero-order valence-electron chi connectivity index (χ0n) is 19.7. The summed E-state index contributed by atoms with van der Waals surface area (Å²) >= 11 is 12.2. The molecule has 0 N–H and O–H groups in total. The fourth-order valence-corrected chi connectivity index (χ4v) is 4.98. The van der Waals surface area contributed by atoms with Gasteiger partial charge in [-0.05, 0) is 44.5 Å². The minimum atomic E-state index is -4.79. The summed E-state index contributed by atoms with van der Waals surface area (Å²) in [5.74, 6) is -0.775. The lowest BCUT2D eigenvalue weighted by molar-refractivity contribution is -0.137. The third-order valence-electron chi connectivity index (χ3n) is 6.41. The Morgan fingerprint density at radius 3 is 2.42 bits per heavy atom. The van der Waals surface area contributed by atoms with Crippen LogP contribution >= 0.6 is 23.2 Å². The molecule has 0 bridgehead atoms. The van der Waals surface area contributed by atoms with Crippen LogP contribution in [-0.4, -0.2) is 53.5 Å². The summed E-state index contributed by atoms with van der Waals surface area (Å²) < 4.78 is 42.0. The molecule has 1 fully saturated rings. The number of benzene rings is 2. The number of carbonyl (C=O) groups is 2. The minimum Gasteiger partial charge on any atom is -0.384 e. The van der Waals surface area contributed by atoms with Crippen molar-refractivity contribution in [3.05, 3.63) is 68.7 Å². The maximum atomic E-state index is 14.0. The summed E-state index contributed by atoms with van der Waals surface area (Å²) in [7, 11) is 0. The molecule has 2 amide bonds. The molecule has 2 aliphatic rings. The summed E-state index contributed by atoms with van der Waals surface area (Å²) in [6.07, 6.45) is -3.97. The number of hydrogen-bond donors (Lipinski definition) is 0. The highest BCUT2D eigenvalue weighted by molar-refractivity contribution is 6.34. The van der Waals surface area contributed by atoms with E-state index in [-0.39, 0.29) is 18.0 Å². The highest BCUT2D eigenvalue weighted by atomic mass is 35.5. The van der Waals surface area contributed by atoms with E-state index >= 15 is 0 Å². The Kier molecular flexibility index (Phi) is 7.26. The fourth-order valence-electron chi connectivity index (χ4n) is 4.45. The predicted molar refractivity (Wildman–Crippen MR) is 131 cm³/mol. The lowest BCUT2D eigenvalue weighted by Gasteiger charge is -2.34. The van der Waals surface area contributed by atoms with Gasteiger partial charge in [0.25, 0.3) is 0 Å². The Bertz CT molecular complexity index is 1210. The van der Waals surface area contributed by atoms with E-state index in [9.17, 15) is 22.8 Å². The maximum absolute atomic E-state index is 14.0. The largest absolute Gasteiger partial charge is 0.417 e. The van der Waals surface area contributed by atoms with E-state index in [0.29, 0.717) is 47.4 Å². The van der Waals surface area contributed by atoms with Crippen LogP contribution in [0.4, 0.5) is 18.0 Å². The molecule has 0 spiro atoms. The van der Waals surface area contributed by atoms with Crippen molar-refractivity contribution in [1.29, 1.82) is 0 Å². The maximum Gasteiger partial charge on any atom is 0.417 e. The molecule has 0 aliphatic carbocycles. The van der Waals surface area contributed by atoms with Gasteiger partial charge in [0.1, 0.15) is 0 Å². The first-order valence-corrected chi connectivity index (χ1v) is 12.2. The number of carbonyl (C=O) groups excluding carboxylic acids is 2. The van der Waals surface area contributed by atoms with Crippen molar-refractivity contribution < 1.29 is 27.6 Å². The predicted octanol–water partition coefficient (Wildman–Crippen LogP) is 6.38. The van der Waals surface area contributed by atoms with Gasteiger partial charge in [-0.2, -0.15) is 13.2 Å². The smallest absolute Gasteiger partial charge is 0.384 e. The quantitative estimate of drug-likeness (QED) is 0.398. The number of ketones is 1. The monoisotopic (exact) mass is 541 g/mol. The second-order valence-electron chi connectivity index (χ2n) is 9.01. The lowest BCUT2D eigenvalue weighted by Crippen LogP contribution is -2.50. The van der Waals surface area contributed by atoms with Gasteiger partial charge in [-0.25, -0.2) is 4.79 Å². The van der Waals surface area contributed by atoms with Gasteiger partial charge in [0.15, 0.2) is 11.4 Å². The molecule has 1 unspecified atom stereocenters. The molecule has 6 nitrogen and oxygen atoms in total. The average Bonchev–Trinajstić information content (AvgIpc) is 3.22. The summed E-state index contributed by atoms with van der Waals surface area (Å²) in [5.41, 5.74) is -1.43. The van der Waals surface area contributed by atoms with E-state index in [1.807, 2.05) is 6.92 Å². The van der Waals surface area contributed by atoms with Crippen LogP contribution in [0.5, 0.6) is 0 Å². The number of alkyl halides is 3. The average molecular weight is 542 g/mol. The van der Waals surface area contributed by atoms with Gasteiger partial charge >= 0.3 is 12.2 Å². The van der Waals surface area contributed by atoms with Crippen LogP contribution in [0.2, 0.25) is 10.0 Å². The van der Waals surface area contributed by atoms with E-state index in [4.69, 9.17) is 28.0 Å². The Morgan fingerprint density at radius 2 is 1.78 bits per heavy atom. The number of oxime groups is 1. The second kappa shape index (κ2) is 9.94. The van der Waals surface area contributed by atoms with Gasteiger partial charge in [-0.15, -0.1) is 0 Å². The Hall–Kier alpha value is -2.78. The topological polar surface area (TPSA) is 62.2 Å². The molecule has 0 radical (unpaired) electrons. The molecular weight excluding hydrogens is 518 g/mol. The number of halogens is 5. The molecule has 2 heterocycles. The molecule has 192 valence electrons. The number of rotatable bonds is 6. The number of urea groups is 1. The van der Waals surface area contributed by atoms with Crippen molar-refractivity contribution in [2.45, 2.75) is 38.5 Å². The van der Waals surface area contributed by atoms with E-state index < -0.39 is 35.2 Å². The van der Waals surface area contributed by atoms with Gasteiger partial charge < -0.3 is 14.6 Å². The van der Waals surface area contributed by atoms with Crippen LogP contribution in [-0.2, 0) is 16.6 Å². The Labute approximate surface area is 216 Å². The number of amides is 2. The zero-order valence-corrected chi connectivity index (χ0v) is 21.2. The summed E-state index contributed by atoms with van der Waals surface area (Å²) in [6.45, 7) is 4.48. The highest BCUT2D eigenvalue weighted by Gasteiger charge is 2.40. The first-order chi connectivity index (χ1) is 16.9. The minimum absolute atomic E-state index is 0.170. The summed E-state index contributed by atoms with van der Waals surface area (Å²) in [6, 6.07) is 8.00. The molecule has 1 atom stereocenters. The number of hydrogen-bond acceptors (Lipinski definition) is 4. The van der Waals surface area contributed by atoms with Crippen LogP contribution < -0.4 is 0 Å². The molecule has 36 heavy (non-hydrogen) atoms. The van der Waals surface area contributed by atoms with Gasteiger partial charge in [0, 0.05) is 52.8 Å². The summed E-state index contributed by atoms with van der Waals surface area (Å²) in [5, 5.41) is 4.82. The van der Waals surface area contributed by atoms with Crippen LogP contribution in [0.25, 0.3) is 0 Å². The number of nitrogens with zero attached hydrogens (tertiary/aromatic N) is 3. The third-order valence-corrected chi connectivity index (χ3v) is 6.84. The molecule has 11 heteroatoms. The third kappa shape index (κ3) is 5.32. The van der Waals surface area contributed by atoms with Crippen LogP contribution in [0, 0.1) is 0 Å².